The lowest BCUT2D eigenvalue weighted by Crippen LogP contribution is -2.36. The molecule has 0 amide bonds. The smallest absolute Gasteiger partial charge is 0.417 e. The molecule has 0 radical (unpaired) electrons. The SMILES string of the molecule is O=C(OCCC1CCCCN1)C(=O)OCCC1CCCCN1. The molecule has 6 heteroatoms. The number of hydrogen-bond donors (Lipinski definition) is 2. The molecule has 6 nitrogen and oxygen atoms in total. The van der Waals surface area contributed by atoms with Gasteiger partial charge in [-0.3, -0.25) is 0 Å². The van der Waals surface area contributed by atoms with E-state index in [1.165, 1.54) is 25.7 Å². The van der Waals surface area contributed by atoms with Crippen molar-refractivity contribution in [3.05, 3.63) is 0 Å². The Morgan fingerprint density at radius 2 is 1.23 bits per heavy atom. The quantitative estimate of drug-likeness (QED) is 0.566. The first-order valence-corrected chi connectivity index (χ1v) is 8.56. The predicted octanol–water partition coefficient (Wildman–Crippen LogP) is 1.14. The summed E-state index contributed by atoms with van der Waals surface area (Å²) in [5.41, 5.74) is 0. The lowest BCUT2D eigenvalue weighted by Gasteiger charge is -2.23. The number of ether oxygens (including phenoxy) is 2. The van der Waals surface area contributed by atoms with E-state index in [0.717, 1.165) is 38.8 Å². The van der Waals surface area contributed by atoms with E-state index in [-0.39, 0.29) is 13.2 Å². The van der Waals surface area contributed by atoms with Gasteiger partial charge in [-0.15, -0.1) is 0 Å². The van der Waals surface area contributed by atoms with E-state index in [9.17, 15) is 9.59 Å². The van der Waals surface area contributed by atoms with Gasteiger partial charge in [-0.25, -0.2) is 9.59 Å². The van der Waals surface area contributed by atoms with Crippen LogP contribution in [0.2, 0.25) is 0 Å². The summed E-state index contributed by atoms with van der Waals surface area (Å²) < 4.78 is 9.96. The van der Waals surface area contributed by atoms with E-state index < -0.39 is 11.9 Å². The summed E-state index contributed by atoms with van der Waals surface area (Å²) >= 11 is 0. The minimum atomic E-state index is -0.868. The van der Waals surface area contributed by atoms with Crippen LogP contribution in [-0.4, -0.2) is 50.3 Å². The van der Waals surface area contributed by atoms with Crippen molar-refractivity contribution in [3.8, 4) is 0 Å². The molecular formula is C16H28N2O4. The van der Waals surface area contributed by atoms with Crippen molar-refractivity contribution in [2.24, 2.45) is 0 Å². The fourth-order valence-electron chi connectivity index (χ4n) is 3.05. The number of piperidine rings is 2. The summed E-state index contributed by atoms with van der Waals surface area (Å²) in [4.78, 5) is 23.1. The zero-order valence-corrected chi connectivity index (χ0v) is 13.3. The van der Waals surface area contributed by atoms with Gasteiger partial charge in [0.2, 0.25) is 0 Å². The predicted molar refractivity (Wildman–Crippen MR) is 82.4 cm³/mol. The third kappa shape index (κ3) is 6.32. The Morgan fingerprint density at radius 1 is 0.773 bits per heavy atom. The third-order valence-corrected chi connectivity index (χ3v) is 4.39. The molecule has 2 fully saturated rings. The number of rotatable bonds is 6. The summed E-state index contributed by atoms with van der Waals surface area (Å²) in [7, 11) is 0. The topological polar surface area (TPSA) is 76.7 Å². The van der Waals surface area contributed by atoms with Crippen molar-refractivity contribution >= 4 is 11.9 Å². The highest BCUT2D eigenvalue weighted by Crippen LogP contribution is 2.11. The maximum atomic E-state index is 11.5. The molecular weight excluding hydrogens is 284 g/mol. The lowest BCUT2D eigenvalue weighted by atomic mass is 10.0. The van der Waals surface area contributed by atoms with Crippen LogP contribution < -0.4 is 10.6 Å². The van der Waals surface area contributed by atoms with E-state index >= 15 is 0 Å². The monoisotopic (exact) mass is 312 g/mol. The Bertz CT molecular complexity index is 316. The summed E-state index contributed by atoms with van der Waals surface area (Å²) in [6.07, 6.45) is 8.56. The van der Waals surface area contributed by atoms with Crippen LogP contribution in [0, 0.1) is 0 Å². The van der Waals surface area contributed by atoms with Crippen LogP contribution in [0.3, 0.4) is 0 Å². The molecule has 126 valence electrons. The first-order valence-electron chi connectivity index (χ1n) is 8.56. The van der Waals surface area contributed by atoms with Crippen LogP contribution in [-0.2, 0) is 19.1 Å². The van der Waals surface area contributed by atoms with Crippen molar-refractivity contribution in [1.82, 2.24) is 10.6 Å². The Morgan fingerprint density at radius 3 is 1.59 bits per heavy atom. The Labute approximate surface area is 132 Å². The highest BCUT2D eigenvalue weighted by molar-refractivity contribution is 6.29. The van der Waals surface area contributed by atoms with Crippen LogP contribution in [0.5, 0.6) is 0 Å². The van der Waals surface area contributed by atoms with Crippen LogP contribution in [0.4, 0.5) is 0 Å². The molecule has 2 rings (SSSR count). The van der Waals surface area contributed by atoms with E-state index in [1.807, 2.05) is 0 Å². The fraction of sp³-hybridized carbons (Fsp3) is 0.875. The largest absolute Gasteiger partial charge is 0.457 e. The normalized spacial score (nSPS) is 25.5. The summed E-state index contributed by atoms with van der Waals surface area (Å²) in [6, 6.07) is 0.796. The number of carbonyl (C=O) groups excluding carboxylic acids is 2. The Hall–Kier alpha value is -1.14. The molecule has 2 saturated heterocycles. The van der Waals surface area contributed by atoms with E-state index in [4.69, 9.17) is 9.47 Å². The fourth-order valence-corrected chi connectivity index (χ4v) is 3.05. The van der Waals surface area contributed by atoms with Crippen molar-refractivity contribution in [2.45, 2.75) is 63.5 Å². The molecule has 2 N–H and O–H groups in total. The zero-order chi connectivity index (χ0) is 15.6. The van der Waals surface area contributed by atoms with Gasteiger partial charge in [0.15, 0.2) is 0 Å². The molecule has 0 aliphatic carbocycles. The third-order valence-electron chi connectivity index (χ3n) is 4.39. The molecule has 2 aliphatic heterocycles. The second-order valence-corrected chi connectivity index (χ2v) is 6.14. The van der Waals surface area contributed by atoms with Gasteiger partial charge in [-0.2, -0.15) is 0 Å². The van der Waals surface area contributed by atoms with Gasteiger partial charge in [0.05, 0.1) is 13.2 Å². The van der Waals surface area contributed by atoms with Crippen molar-refractivity contribution < 1.29 is 19.1 Å². The molecule has 2 unspecified atom stereocenters. The minimum absolute atomic E-state index is 0.274. The molecule has 0 bridgehead atoms. The van der Waals surface area contributed by atoms with Crippen LogP contribution in [0.1, 0.15) is 51.4 Å². The molecule has 22 heavy (non-hydrogen) atoms. The van der Waals surface area contributed by atoms with Gasteiger partial charge < -0.3 is 20.1 Å². The van der Waals surface area contributed by atoms with Gasteiger partial charge in [0.25, 0.3) is 0 Å². The van der Waals surface area contributed by atoms with Gasteiger partial charge in [-0.05, 0) is 51.6 Å². The Balaban J connectivity index is 1.51. The van der Waals surface area contributed by atoms with Crippen molar-refractivity contribution in [3.63, 3.8) is 0 Å². The van der Waals surface area contributed by atoms with Crippen molar-refractivity contribution in [2.75, 3.05) is 26.3 Å². The zero-order valence-electron chi connectivity index (χ0n) is 13.3. The molecule has 0 saturated carbocycles. The average Bonchev–Trinajstić information content (AvgIpc) is 2.56. The molecule has 0 aromatic rings. The van der Waals surface area contributed by atoms with E-state index in [2.05, 4.69) is 10.6 Å². The van der Waals surface area contributed by atoms with E-state index in [0.29, 0.717) is 12.1 Å². The molecule has 2 aliphatic rings. The van der Waals surface area contributed by atoms with Gasteiger partial charge in [-0.1, -0.05) is 12.8 Å². The maximum Gasteiger partial charge on any atom is 0.417 e. The van der Waals surface area contributed by atoms with Crippen LogP contribution >= 0.6 is 0 Å². The highest BCUT2D eigenvalue weighted by Gasteiger charge is 2.20. The number of hydrogen-bond acceptors (Lipinski definition) is 6. The highest BCUT2D eigenvalue weighted by atomic mass is 16.6. The standard InChI is InChI=1S/C16H28N2O4/c19-15(21-11-7-13-5-1-3-9-17-13)16(20)22-12-8-14-6-2-4-10-18-14/h13-14,17-18H,1-12H2. The molecule has 2 heterocycles. The molecule has 0 aromatic carbocycles. The second-order valence-electron chi connectivity index (χ2n) is 6.14. The van der Waals surface area contributed by atoms with E-state index in [1.54, 1.807) is 0 Å². The molecule has 0 aromatic heterocycles. The van der Waals surface area contributed by atoms with Gasteiger partial charge >= 0.3 is 11.9 Å². The van der Waals surface area contributed by atoms with Gasteiger partial charge in [0, 0.05) is 12.1 Å². The average molecular weight is 312 g/mol. The summed E-state index contributed by atoms with van der Waals surface area (Å²) in [6.45, 7) is 2.59. The number of carbonyl (C=O) groups is 2. The van der Waals surface area contributed by atoms with Crippen LogP contribution in [0.25, 0.3) is 0 Å². The summed E-state index contributed by atoms with van der Waals surface area (Å²) in [5, 5.41) is 6.76. The minimum Gasteiger partial charge on any atom is -0.457 e. The van der Waals surface area contributed by atoms with Gasteiger partial charge in [0.1, 0.15) is 0 Å². The van der Waals surface area contributed by atoms with Crippen molar-refractivity contribution in [1.29, 1.82) is 0 Å². The Kier molecular flexibility index (Phi) is 7.66. The lowest BCUT2D eigenvalue weighted by molar-refractivity contribution is -0.168. The molecule has 2 atom stereocenters. The number of esters is 2. The first kappa shape index (κ1) is 17.2. The summed E-state index contributed by atoms with van der Waals surface area (Å²) in [5.74, 6) is -1.74. The second kappa shape index (κ2) is 9.79. The molecule has 0 spiro atoms. The van der Waals surface area contributed by atoms with Crippen LogP contribution in [0.15, 0.2) is 0 Å². The first-order chi connectivity index (χ1) is 10.8. The number of nitrogens with one attached hydrogen (secondary N) is 2. The maximum absolute atomic E-state index is 11.5.